The van der Waals surface area contributed by atoms with Gasteiger partial charge in [-0.25, -0.2) is 0 Å². The number of methoxy groups -OCH3 is 1. The second kappa shape index (κ2) is 2.05. The zero-order chi connectivity index (χ0) is 6.85. The van der Waals surface area contributed by atoms with Crippen LogP contribution in [0.4, 0.5) is 0 Å². The normalized spacial score (nSPS) is 17.3. The molecule has 0 N–H and O–H groups in total. The van der Waals surface area contributed by atoms with E-state index in [1.165, 1.54) is 6.08 Å². The van der Waals surface area contributed by atoms with Gasteiger partial charge >= 0.3 is 0 Å². The third-order valence-corrected chi connectivity index (χ3v) is 1.35. The Morgan fingerprint density at radius 1 is 1.44 bits per heavy atom. The molecule has 0 aromatic heterocycles. The highest BCUT2D eigenvalue weighted by Gasteiger charge is 2.12. The lowest BCUT2D eigenvalue weighted by Crippen LogP contribution is -1.91. The first-order valence-electron chi connectivity index (χ1n) is 2.73. The summed E-state index contributed by atoms with van der Waals surface area (Å²) in [6.45, 7) is 1.75. The molecule has 0 aliphatic heterocycles. The highest BCUT2D eigenvalue weighted by molar-refractivity contribution is 6.07. The van der Waals surface area contributed by atoms with Gasteiger partial charge in [-0.15, -0.1) is 0 Å². The minimum absolute atomic E-state index is 0.0480. The smallest absolute Gasteiger partial charge is 0.185 e. The highest BCUT2D eigenvalue weighted by atomic mass is 16.5. The Hall–Kier alpha value is -1.05. The van der Waals surface area contributed by atoms with E-state index in [9.17, 15) is 4.79 Å². The number of ketones is 1. The van der Waals surface area contributed by atoms with E-state index in [1.807, 2.05) is 0 Å². The summed E-state index contributed by atoms with van der Waals surface area (Å²) in [6.07, 6.45) is 3.19. The van der Waals surface area contributed by atoms with Crippen LogP contribution in [-0.2, 0) is 9.53 Å². The highest BCUT2D eigenvalue weighted by Crippen LogP contribution is 2.14. The standard InChI is InChI=1S/C7H8O2/c1-5-6(8)3-4-7(5)9-2/h3-4H,1-2H3. The monoisotopic (exact) mass is 124 g/mol. The SMILES string of the molecule is COC1=C(C)C(=O)C=C1. The van der Waals surface area contributed by atoms with Crippen LogP contribution in [0.15, 0.2) is 23.5 Å². The van der Waals surface area contributed by atoms with Crippen molar-refractivity contribution in [2.75, 3.05) is 7.11 Å². The van der Waals surface area contributed by atoms with Crippen molar-refractivity contribution in [1.82, 2.24) is 0 Å². The van der Waals surface area contributed by atoms with Crippen LogP contribution in [0.5, 0.6) is 0 Å². The molecule has 9 heavy (non-hydrogen) atoms. The second-order valence-electron chi connectivity index (χ2n) is 1.89. The van der Waals surface area contributed by atoms with Crippen LogP contribution in [0, 0.1) is 0 Å². The number of rotatable bonds is 1. The third-order valence-electron chi connectivity index (χ3n) is 1.35. The van der Waals surface area contributed by atoms with Crippen molar-refractivity contribution in [2.24, 2.45) is 0 Å². The van der Waals surface area contributed by atoms with Gasteiger partial charge in [0.1, 0.15) is 5.76 Å². The fraction of sp³-hybridized carbons (Fsp3) is 0.286. The molecule has 0 saturated heterocycles. The Balaban J connectivity index is 2.92. The van der Waals surface area contributed by atoms with E-state index in [-0.39, 0.29) is 5.78 Å². The Morgan fingerprint density at radius 3 is 2.33 bits per heavy atom. The predicted molar refractivity (Wildman–Crippen MR) is 33.9 cm³/mol. The van der Waals surface area contributed by atoms with Gasteiger partial charge in [0.2, 0.25) is 0 Å². The summed E-state index contributed by atoms with van der Waals surface area (Å²) in [4.78, 5) is 10.7. The van der Waals surface area contributed by atoms with Gasteiger partial charge in [-0.05, 0) is 19.1 Å². The fourth-order valence-corrected chi connectivity index (χ4v) is 0.744. The van der Waals surface area contributed by atoms with Crippen molar-refractivity contribution < 1.29 is 9.53 Å². The van der Waals surface area contributed by atoms with E-state index >= 15 is 0 Å². The van der Waals surface area contributed by atoms with E-state index in [4.69, 9.17) is 4.74 Å². The lowest BCUT2D eigenvalue weighted by atomic mass is 10.2. The maximum atomic E-state index is 10.7. The first kappa shape index (κ1) is 6.08. The second-order valence-corrected chi connectivity index (χ2v) is 1.89. The Kier molecular flexibility index (Phi) is 1.39. The average Bonchev–Trinajstić information content (AvgIpc) is 2.15. The summed E-state index contributed by atoms with van der Waals surface area (Å²) in [5, 5.41) is 0. The molecule has 0 fully saturated rings. The summed E-state index contributed by atoms with van der Waals surface area (Å²) in [6, 6.07) is 0. The third kappa shape index (κ3) is 0.875. The van der Waals surface area contributed by atoms with Gasteiger partial charge in [-0.3, -0.25) is 4.79 Å². The summed E-state index contributed by atoms with van der Waals surface area (Å²) in [7, 11) is 1.56. The van der Waals surface area contributed by atoms with Crippen molar-refractivity contribution in [3.63, 3.8) is 0 Å². The maximum absolute atomic E-state index is 10.7. The topological polar surface area (TPSA) is 26.3 Å². The maximum Gasteiger partial charge on any atom is 0.185 e. The van der Waals surface area contributed by atoms with Gasteiger partial charge in [0.25, 0.3) is 0 Å². The van der Waals surface area contributed by atoms with E-state index in [2.05, 4.69) is 0 Å². The van der Waals surface area contributed by atoms with Crippen LogP contribution in [-0.4, -0.2) is 12.9 Å². The summed E-state index contributed by atoms with van der Waals surface area (Å²) < 4.78 is 4.87. The summed E-state index contributed by atoms with van der Waals surface area (Å²) in [5.74, 6) is 0.729. The van der Waals surface area contributed by atoms with Crippen LogP contribution in [0.1, 0.15) is 6.92 Å². The van der Waals surface area contributed by atoms with Crippen molar-refractivity contribution >= 4 is 5.78 Å². The molecule has 0 aromatic carbocycles. The zero-order valence-electron chi connectivity index (χ0n) is 5.47. The number of hydrogen-bond acceptors (Lipinski definition) is 2. The first-order valence-corrected chi connectivity index (χ1v) is 2.73. The van der Waals surface area contributed by atoms with Crippen LogP contribution in [0.3, 0.4) is 0 Å². The molecule has 2 nitrogen and oxygen atoms in total. The van der Waals surface area contributed by atoms with E-state index in [0.717, 1.165) is 0 Å². The van der Waals surface area contributed by atoms with Gasteiger partial charge < -0.3 is 4.74 Å². The number of allylic oxidation sites excluding steroid dienone is 3. The molecule has 0 spiro atoms. The molecule has 0 unspecified atom stereocenters. The molecule has 2 heteroatoms. The van der Waals surface area contributed by atoms with Crippen LogP contribution in [0.25, 0.3) is 0 Å². The molecule has 0 aromatic rings. The number of ether oxygens (including phenoxy) is 1. The zero-order valence-corrected chi connectivity index (χ0v) is 5.47. The average molecular weight is 124 g/mol. The van der Waals surface area contributed by atoms with E-state index in [0.29, 0.717) is 11.3 Å². The van der Waals surface area contributed by atoms with Gasteiger partial charge in [0.05, 0.1) is 7.11 Å². The lowest BCUT2D eigenvalue weighted by Gasteiger charge is -1.96. The van der Waals surface area contributed by atoms with Gasteiger partial charge in [-0.1, -0.05) is 0 Å². The lowest BCUT2D eigenvalue weighted by molar-refractivity contribution is -0.111. The molecular formula is C7H8O2. The van der Waals surface area contributed by atoms with E-state index in [1.54, 1.807) is 20.1 Å². The minimum atomic E-state index is 0.0480. The van der Waals surface area contributed by atoms with Crippen molar-refractivity contribution in [1.29, 1.82) is 0 Å². The molecule has 0 atom stereocenters. The molecule has 0 amide bonds. The van der Waals surface area contributed by atoms with E-state index < -0.39 is 0 Å². The van der Waals surface area contributed by atoms with Gasteiger partial charge in [0.15, 0.2) is 5.78 Å². The molecule has 0 saturated carbocycles. The summed E-state index contributed by atoms with van der Waals surface area (Å²) >= 11 is 0. The molecule has 1 aliphatic rings. The van der Waals surface area contributed by atoms with Gasteiger partial charge in [-0.2, -0.15) is 0 Å². The minimum Gasteiger partial charge on any atom is -0.496 e. The molecule has 0 bridgehead atoms. The Bertz CT molecular complexity index is 199. The van der Waals surface area contributed by atoms with Crippen LogP contribution < -0.4 is 0 Å². The van der Waals surface area contributed by atoms with Crippen molar-refractivity contribution in [2.45, 2.75) is 6.92 Å². The predicted octanol–water partition coefficient (Wildman–Crippen LogP) is 1.05. The van der Waals surface area contributed by atoms with Crippen molar-refractivity contribution in [3.8, 4) is 0 Å². The number of carbonyl (C=O) groups excluding carboxylic acids is 1. The van der Waals surface area contributed by atoms with Crippen LogP contribution >= 0.6 is 0 Å². The molecule has 1 rings (SSSR count). The molecule has 0 heterocycles. The molecular weight excluding hydrogens is 116 g/mol. The summed E-state index contributed by atoms with van der Waals surface area (Å²) in [5.41, 5.74) is 0.692. The molecule has 1 aliphatic carbocycles. The fourth-order valence-electron chi connectivity index (χ4n) is 0.744. The van der Waals surface area contributed by atoms with Crippen LogP contribution in [0.2, 0.25) is 0 Å². The van der Waals surface area contributed by atoms with Gasteiger partial charge in [0, 0.05) is 5.57 Å². The molecule has 0 radical (unpaired) electrons. The first-order chi connectivity index (χ1) is 4.25. The molecule has 48 valence electrons. The Labute approximate surface area is 53.8 Å². The largest absolute Gasteiger partial charge is 0.496 e. The number of hydrogen-bond donors (Lipinski definition) is 0. The quantitative estimate of drug-likeness (QED) is 0.522. The van der Waals surface area contributed by atoms with Crippen molar-refractivity contribution in [3.05, 3.63) is 23.5 Å². The Morgan fingerprint density at radius 2 is 2.11 bits per heavy atom. The number of carbonyl (C=O) groups is 1.